The number of aromatic amines is 1. The average molecular weight is 482 g/mol. The topological polar surface area (TPSA) is 109 Å². The van der Waals surface area contributed by atoms with Crippen molar-refractivity contribution in [3.05, 3.63) is 92.9 Å². The second-order valence-corrected chi connectivity index (χ2v) is 10.3. The molecule has 2 N–H and O–H groups in total. The van der Waals surface area contributed by atoms with E-state index in [1.807, 2.05) is 30.3 Å². The van der Waals surface area contributed by atoms with Crippen molar-refractivity contribution in [2.75, 3.05) is 7.11 Å². The molecule has 2 heterocycles. The molecule has 0 aliphatic carbocycles. The van der Waals surface area contributed by atoms with Gasteiger partial charge in [-0.25, -0.2) is 8.42 Å². The van der Waals surface area contributed by atoms with Crippen LogP contribution in [0.1, 0.15) is 27.9 Å². The molecule has 9 heteroatoms. The lowest BCUT2D eigenvalue weighted by Crippen LogP contribution is -2.52. The predicted octanol–water partition coefficient (Wildman–Crippen LogP) is 2.43. The number of aromatic nitrogens is 1. The molecule has 0 spiro atoms. The Balaban J connectivity index is 1.65. The number of carbonyl (C=O) groups excluding carboxylic acids is 1. The van der Waals surface area contributed by atoms with Gasteiger partial charge >= 0.3 is 0 Å². The number of nitrogens with one attached hydrogen (secondary N) is 2. The van der Waals surface area contributed by atoms with Crippen molar-refractivity contribution in [2.24, 2.45) is 0 Å². The third-order valence-electron chi connectivity index (χ3n) is 6.11. The summed E-state index contributed by atoms with van der Waals surface area (Å²) in [6.45, 7) is 3.68. The second-order valence-electron chi connectivity index (χ2n) is 8.38. The zero-order chi connectivity index (χ0) is 24.5. The smallest absolute Gasteiger partial charge is 0.253 e. The molecule has 8 nitrogen and oxygen atoms in total. The van der Waals surface area contributed by atoms with Crippen LogP contribution in [-0.4, -0.2) is 36.8 Å². The predicted molar refractivity (Wildman–Crippen MR) is 128 cm³/mol. The van der Waals surface area contributed by atoms with E-state index in [9.17, 15) is 18.0 Å². The number of H-pyrrole nitrogens is 1. The average Bonchev–Trinajstić information content (AvgIpc) is 2.82. The van der Waals surface area contributed by atoms with Crippen LogP contribution in [-0.2, 0) is 34.3 Å². The first kappa shape index (κ1) is 23.7. The van der Waals surface area contributed by atoms with E-state index >= 15 is 0 Å². The minimum atomic E-state index is -3.98. The summed E-state index contributed by atoms with van der Waals surface area (Å²) in [4.78, 5) is 28.5. The van der Waals surface area contributed by atoms with Gasteiger partial charge in [-0.1, -0.05) is 24.3 Å². The fraction of sp³-hybridized carbons (Fsp3) is 0.280. The SMILES string of the molecule is COc1ccc(S(=O)(=O)N2Cc3ccccc3CC2C(=O)NCc2c(C)cc(C)[nH]c2=O)cc1. The Morgan fingerprint density at radius 2 is 1.79 bits per heavy atom. The zero-order valence-corrected chi connectivity index (χ0v) is 20.1. The Kier molecular flexibility index (Phi) is 6.58. The number of amides is 1. The second kappa shape index (κ2) is 9.44. The zero-order valence-electron chi connectivity index (χ0n) is 19.3. The molecule has 1 aliphatic rings. The van der Waals surface area contributed by atoms with E-state index in [-0.39, 0.29) is 30.0 Å². The molecule has 178 valence electrons. The van der Waals surface area contributed by atoms with Crippen LogP contribution in [0, 0.1) is 13.8 Å². The first-order chi connectivity index (χ1) is 16.2. The summed E-state index contributed by atoms with van der Waals surface area (Å²) in [6, 6.07) is 14.5. The van der Waals surface area contributed by atoms with E-state index in [1.54, 1.807) is 26.0 Å². The van der Waals surface area contributed by atoms with Crippen LogP contribution in [0.3, 0.4) is 0 Å². The van der Waals surface area contributed by atoms with Gasteiger partial charge in [0.05, 0.1) is 12.0 Å². The Bertz CT molecular complexity index is 1380. The maximum atomic E-state index is 13.6. The highest BCUT2D eigenvalue weighted by atomic mass is 32.2. The Hall–Kier alpha value is -3.43. The summed E-state index contributed by atoms with van der Waals surface area (Å²) in [5, 5.41) is 2.79. The van der Waals surface area contributed by atoms with Crippen molar-refractivity contribution in [1.29, 1.82) is 0 Å². The number of ether oxygens (including phenoxy) is 1. The molecule has 1 amide bonds. The Morgan fingerprint density at radius 1 is 1.12 bits per heavy atom. The minimum Gasteiger partial charge on any atom is -0.497 e. The van der Waals surface area contributed by atoms with Gasteiger partial charge in [0.15, 0.2) is 0 Å². The maximum Gasteiger partial charge on any atom is 0.253 e. The summed E-state index contributed by atoms with van der Waals surface area (Å²) in [5.74, 6) is 0.0851. The van der Waals surface area contributed by atoms with Crippen molar-refractivity contribution in [3.8, 4) is 5.75 Å². The lowest BCUT2D eigenvalue weighted by Gasteiger charge is -2.35. The van der Waals surface area contributed by atoms with Crippen LogP contribution in [0.5, 0.6) is 5.75 Å². The lowest BCUT2D eigenvalue weighted by atomic mass is 9.95. The van der Waals surface area contributed by atoms with E-state index in [4.69, 9.17) is 4.74 Å². The molecule has 1 aliphatic heterocycles. The van der Waals surface area contributed by atoms with Gasteiger partial charge in [-0.15, -0.1) is 0 Å². The van der Waals surface area contributed by atoms with Gasteiger partial charge in [0.2, 0.25) is 15.9 Å². The number of fused-ring (bicyclic) bond motifs is 1. The summed E-state index contributed by atoms with van der Waals surface area (Å²) in [7, 11) is -2.47. The fourth-order valence-electron chi connectivity index (χ4n) is 4.25. The third-order valence-corrected chi connectivity index (χ3v) is 7.98. The Morgan fingerprint density at radius 3 is 2.44 bits per heavy atom. The minimum absolute atomic E-state index is 0.00878. The van der Waals surface area contributed by atoms with Gasteiger partial charge < -0.3 is 15.0 Å². The molecular weight excluding hydrogens is 454 g/mol. The quantitative estimate of drug-likeness (QED) is 0.562. The van der Waals surface area contributed by atoms with Crippen molar-refractivity contribution in [2.45, 2.75) is 44.3 Å². The molecular formula is C25H27N3O5S. The van der Waals surface area contributed by atoms with Crippen LogP contribution >= 0.6 is 0 Å². The first-order valence-electron chi connectivity index (χ1n) is 10.9. The highest BCUT2D eigenvalue weighted by molar-refractivity contribution is 7.89. The van der Waals surface area contributed by atoms with Crippen LogP contribution in [0.2, 0.25) is 0 Å². The molecule has 3 aromatic rings. The van der Waals surface area contributed by atoms with Gasteiger partial charge in [-0.3, -0.25) is 9.59 Å². The van der Waals surface area contributed by atoms with Crippen molar-refractivity contribution < 1.29 is 17.9 Å². The van der Waals surface area contributed by atoms with Crippen LogP contribution < -0.4 is 15.6 Å². The van der Waals surface area contributed by atoms with E-state index in [1.165, 1.54) is 23.5 Å². The third kappa shape index (κ3) is 4.62. The normalized spacial score (nSPS) is 16.0. The van der Waals surface area contributed by atoms with Crippen LogP contribution in [0.15, 0.2) is 64.3 Å². The number of rotatable bonds is 6. The van der Waals surface area contributed by atoms with Gasteiger partial charge in [-0.2, -0.15) is 4.31 Å². The maximum absolute atomic E-state index is 13.6. The van der Waals surface area contributed by atoms with Crippen molar-refractivity contribution >= 4 is 15.9 Å². The molecule has 34 heavy (non-hydrogen) atoms. The highest BCUT2D eigenvalue weighted by Crippen LogP contribution is 2.30. The molecule has 0 radical (unpaired) electrons. The Labute approximate surface area is 198 Å². The fourth-order valence-corrected chi connectivity index (χ4v) is 5.82. The summed E-state index contributed by atoms with van der Waals surface area (Å²) in [5.41, 5.74) is 3.45. The van der Waals surface area contributed by atoms with Gasteiger partial charge in [0.1, 0.15) is 11.8 Å². The number of aryl methyl sites for hydroxylation is 2. The number of pyridine rings is 1. The number of hydrogen-bond donors (Lipinski definition) is 2. The molecule has 0 fully saturated rings. The molecule has 1 unspecified atom stereocenters. The molecule has 1 aromatic heterocycles. The number of hydrogen-bond acceptors (Lipinski definition) is 5. The van der Waals surface area contributed by atoms with E-state index in [0.29, 0.717) is 11.3 Å². The summed E-state index contributed by atoms with van der Waals surface area (Å²) < 4.78 is 33.5. The van der Waals surface area contributed by atoms with Gasteiger partial charge in [0, 0.05) is 24.3 Å². The first-order valence-corrected chi connectivity index (χ1v) is 12.3. The number of methoxy groups -OCH3 is 1. The molecule has 4 rings (SSSR count). The lowest BCUT2D eigenvalue weighted by molar-refractivity contribution is -0.125. The molecule has 0 saturated heterocycles. The summed E-state index contributed by atoms with van der Waals surface area (Å²) >= 11 is 0. The number of sulfonamides is 1. The largest absolute Gasteiger partial charge is 0.497 e. The van der Waals surface area contributed by atoms with Gasteiger partial charge in [-0.05, 0) is 67.3 Å². The standard InChI is InChI=1S/C25H27N3O5S/c1-16-12-17(2)27-24(29)22(16)14-26-25(30)23-13-18-6-4-5-7-19(18)15-28(23)34(31,32)21-10-8-20(33-3)9-11-21/h4-12,23H,13-15H2,1-3H3,(H,26,30)(H,27,29). The highest BCUT2D eigenvalue weighted by Gasteiger charge is 2.39. The number of carbonyl (C=O) groups is 1. The monoisotopic (exact) mass is 481 g/mol. The van der Waals surface area contributed by atoms with E-state index in [2.05, 4.69) is 10.3 Å². The van der Waals surface area contributed by atoms with Crippen molar-refractivity contribution in [3.63, 3.8) is 0 Å². The van der Waals surface area contributed by atoms with E-state index in [0.717, 1.165) is 22.4 Å². The van der Waals surface area contributed by atoms with Crippen LogP contribution in [0.25, 0.3) is 0 Å². The van der Waals surface area contributed by atoms with E-state index < -0.39 is 22.0 Å². The van der Waals surface area contributed by atoms with Crippen molar-refractivity contribution in [1.82, 2.24) is 14.6 Å². The summed E-state index contributed by atoms with van der Waals surface area (Å²) in [6.07, 6.45) is 0.237. The molecule has 0 saturated carbocycles. The molecule has 0 bridgehead atoms. The number of benzene rings is 2. The van der Waals surface area contributed by atoms with Gasteiger partial charge in [0.25, 0.3) is 5.56 Å². The molecule has 2 aromatic carbocycles. The molecule has 1 atom stereocenters. The van der Waals surface area contributed by atoms with Crippen LogP contribution in [0.4, 0.5) is 0 Å². The number of nitrogens with zero attached hydrogens (tertiary/aromatic N) is 1.